The predicted octanol–water partition coefficient (Wildman–Crippen LogP) is 2.05. The second kappa shape index (κ2) is 6.72. The van der Waals surface area contributed by atoms with Gasteiger partial charge in [0.15, 0.2) is 0 Å². The number of hydrogen-bond donors (Lipinski definition) is 1. The first-order valence-electron chi connectivity index (χ1n) is 6.57. The van der Waals surface area contributed by atoms with Crippen molar-refractivity contribution in [1.29, 1.82) is 5.26 Å². The summed E-state index contributed by atoms with van der Waals surface area (Å²) in [6.07, 6.45) is 0.625. The van der Waals surface area contributed by atoms with Crippen LogP contribution >= 0.6 is 11.6 Å². The van der Waals surface area contributed by atoms with Gasteiger partial charge in [-0.3, -0.25) is 4.68 Å². The number of nitrogens with zero attached hydrogens (tertiary/aromatic N) is 4. The van der Waals surface area contributed by atoms with Gasteiger partial charge in [0.25, 0.3) is 0 Å². The number of hydrogen-bond acceptors (Lipinski definition) is 4. The van der Waals surface area contributed by atoms with Gasteiger partial charge in [0.1, 0.15) is 6.10 Å². The molecule has 0 saturated heterocycles. The smallest absolute Gasteiger partial charge is 0.122 e. The molecule has 1 N–H and O–H groups in total. The molecule has 1 aromatic heterocycles. The monoisotopic (exact) mass is 304 g/mol. The third-order valence-corrected chi connectivity index (χ3v) is 3.47. The summed E-state index contributed by atoms with van der Waals surface area (Å²) in [7, 11) is 3.94. The Morgan fingerprint density at radius 1 is 1.48 bits per heavy atom. The first kappa shape index (κ1) is 15.5. The molecule has 5 nitrogen and oxygen atoms in total. The van der Waals surface area contributed by atoms with E-state index in [1.165, 1.54) is 6.20 Å². The first-order chi connectivity index (χ1) is 10.0. The van der Waals surface area contributed by atoms with Crippen molar-refractivity contribution >= 4 is 11.6 Å². The molecule has 0 radical (unpaired) electrons. The molecule has 0 amide bonds. The first-order valence-corrected chi connectivity index (χ1v) is 6.94. The van der Waals surface area contributed by atoms with Crippen LogP contribution in [0, 0.1) is 11.3 Å². The number of nitriles is 1. The van der Waals surface area contributed by atoms with Crippen LogP contribution in [0.1, 0.15) is 22.9 Å². The minimum Gasteiger partial charge on any atom is -0.382 e. The summed E-state index contributed by atoms with van der Waals surface area (Å²) in [5, 5.41) is 24.1. The molecule has 1 heterocycles. The number of aliphatic hydroxyl groups excluding tert-OH is 1. The fraction of sp³-hybridized carbons (Fsp3) is 0.333. The van der Waals surface area contributed by atoms with Crippen LogP contribution in [0.2, 0.25) is 5.02 Å². The fourth-order valence-corrected chi connectivity index (χ4v) is 2.30. The number of aromatic nitrogens is 2. The lowest BCUT2D eigenvalue weighted by molar-refractivity contribution is 0.205. The Kier molecular flexibility index (Phi) is 4.97. The Bertz CT molecular complexity index is 660. The Labute approximate surface area is 129 Å². The molecule has 0 fully saturated rings. The Morgan fingerprint density at radius 3 is 2.90 bits per heavy atom. The summed E-state index contributed by atoms with van der Waals surface area (Å²) in [5.41, 5.74) is 1.68. The molecule has 110 valence electrons. The SMILES string of the molecule is CN(C)CCn1ncc(Cl)c1C(O)c1cccc(C#N)c1. The van der Waals surface area contributed by atoms with Gasteiger partial charge in [0.05, 0.1) is 35.1 Å². The lowest BCUT2D eigenvalue weighted by Gasteiger charge is -2.16. The van der Waals surface area contributed by atoms with Crippen molar-refractivity contribution < 1.29 is 5.11 Å². The summed E-state index contributed by atoms with van der Waals surface area (Å²) in [4.78, 5) is 2.03. The maximum absolute atomic E-state index is 10.6. The van der Waals surface area contributed by atoms with Gasteiger partial charge in [0, 0.05) is 6.54 Å². The number of benzene rings is 1. The van der Waals surface area contributed by atoms with Crippen molar-refractivity contribution in [2.75, 3.05) is 20.6 Å². The highest BCUT2D eigenvalue weighted by atomic mass is 35.5. The molecular weight excluding hydrogens is 288 g/mol. The highest BCUT2D eigenvalue weighted by Crippen LogP contribution is 2.28. The van der Waals surface area contributed by atoms with Gasteiger partial charge in [-0.1, -0.05) is 23.7 Å². The maximum atomic E-state index is 10.6. The van der Waals surface area contributed by atoms with Crippen molar-refractivity contribution in [1.82, 2.24) is 14.7 Å². The lowest BCUT2D eigenvalue weighted by atomic mass is 10.0. The van der Waals surface area contributed by atoms with Gasteiger partial charge in [-0.2, -0.15) is 10.4 Å². The van der Waals surface area contributed by atoms with Crippen molar-refractivity contribution in [3.63, 3.8) is 0 Å². The molecule has 0 aliphatic rings. The molecule has 0 aliphatic heterocycles. The van der Waals surface area contributed by atoms with E-state index in [-0.39, 0.29) is 0 Å². The number of aliphatic hydroxyl groups is 1. The minimum atomic E-state index is -0.907. The number of rotatable bonds is 5. The molecule has 1 atom stereocenters. The zero-order valence-electron chi connectivity index (χ0n) is 12.0. The molecule has 2 aromatic rings. The van der Waals surface area contributed by atoms with Crippen molar-refractivity contribution in [2.24, 2.45) is 0 Å². The van der Waals surface area contributed by atoms with Crippen molar-refractivity contribution in [2.45, 2.75) is 12.6 Å². The second-order valence-corrected chi connectivity index (χ2v) is 5.45. The molecule has 2 rings (SSSR count). The van der Waals surface area contributed by atoms with Crippen molar-refractivity contribution in [3.05, 3.63) is 52.3 Å². The fourth-order valence-electron chi connectivity index (χ4n) is 2.05. The minimum absolute atomic E-state index is 0.420. The van der Waals surface area contributed by atoms with E-state index in [0.29, 0.717) is 28.4 Å². The molecular formula is C15H17ClN4O. The van der Waals surface area contributed by atoms with Gasteiger partial charge >= 0.3 is 0 Å². The molecule has 1 unspecified atom stereocenters. The van der Waals surface area contributed by atoms with Gasteiger partial charge < -0.3 is 10.0 Å². The highest BCUT2D eigenvalue weighted by Gasteiger charge is 2.20. The van der Waals surface area contributed by atoms with Crippen LogP contribution in [0.4, 0.5) is 0 Å². The third kappa shape index (κ3) is 3.61. The van der Waals surface area contributed by atoms with Gasteiger partial charge in [0.2, 0.25) is 0 Å². The largest absolute Gasteiger partial charge is 0.382 e. The Morgan fingerprint density at radius 2 is 2.24 bits per heavy atom. The summed E-state index contributed by atoms with van der Waals surface area (Å²) < 4.78 is 1.70. The van der Waals surface area contributed by atoms with Crippen molar-refractivity contribution in [3.8, 4) is 6.07 Å². The van der Waals surface area contributed by atoms with E-state index in [2.05, 4.69) is 11.2 Å². The van der Waals surface area contributed by atoms with E-state index >= 15 is 0 Å². The van der Waals surface area contributed by atoms with E-state index in [4.69, 9.17) is 16.9 Å². The molecule has 0 saturated carbocycles. The quantitative estimate of drug-likeness (QED) is 0.918. The van der Waals surface area contributed by atoms with E-state index in [1.807, 2.05) is 19.0 Å². The molecule has 1 aromatic carbocycles. The molecule has 21 heavy (non-hydrogen) atoms. The summed E-state index contributed by atoms with van der Waals surface area (Å²) in [6, 6.07) is 8.93. The van der Waals surface area contributed by atoms with Crippen LogP contribution in [-0.4, -0.2) is 40.4 Å². The van der Waals surface area contributed by atoms with Crippen LogP contribution in [0.5, 0.6) is 0 Å². The standard InChI is InChI=1S/C15H17ClN4O/c1-19(2)6-7-20-14(13(16)10-18-20)15(21)12-5-3-4-11(8-12)9-17/h3-5,8,10,15,21H,6-7H2,1-2H3. The lowest BCUT2D eigenvalue weighted by Crippen LogP contribution is -2.21. The van der Waals surface area contributed by atoms with Gasteiger partial charge in [-0.15, -0.1) is 0 Å². The number of likely N-dealkylation sites (N-methyl/N-ethyl adjacent to an activating group) is 1. The van der Waals surface area contributed by atoms with E-state index < -0.39 is 6.10 Å². The zero-order valence-corrected chi connectivity index (χ0v) is 12.7. The maximum Gasteiger partial charge on any atom is 0.122 e. The molecule has 0 bridgehead atoms. The normalized spacial score (nSPS) is 12.4. The zero-order chi connectivity index (χ0) is 15.4. The predicted molar refractivity (Wildman–Crippen MR) is 81.0 cm³/mol. The highest BCUT2D eigenvalue weighted by molar-refractivity contribution is 6.31. The molecule has 0 aliphatic carbocycles. The Balaban J connectivity index is 2.32. The summed E-state index contributed by atoms with van der Waals surface area (Å²) >= 11 is 6.16. The van der Waals surface area contributed by atoms with Crippen LogP contribution in [0.3, 0.4) is 0 Å². The third-order valence-electron chi connectivity index (χ3n) is 3.18. The Hall–Kier alpha value is -1.87. The second-order valence-electron chi connectivity index (χ2n) is 5.04. The van der Waals surface area contributed by atoms with Crippen LogP contribution in [0.15, 0.2) is 30.5 Å². The summed E-state index contributed by atoms with van der Waals surface area (Å²) in [6.45, 7) is 1.42. The van der Waals surface area contributed by atoms with E-state index in [9.17, 15) is 5.11 Å². The van der Waals surface area contributed by atoms with Crippen LogP contribution in [-0.2, 0) is 6.54 Å². The van der Waals surface area contributed by atoms with Crippen LogP contribution in [0.25, 0.3) is 0 Å². The average Bonchev–Trinajstić information content (AvgIpc) is 2.85. The summed E-state index contributed by atoms with van der Waals surface area (Å²) in [5.74, 6) is 0. The molecule has 6 heteroatoms. The van der Waals surface area contributed by atoms with Gasteiger partial charge in [-0.05, 0) is 31.8 Å². The van der Waals surface area contributed by atoms with E-state index in [1.54, 1.807) is 28.9 Å². The average molecular weight is 305 g/mol. The van der Waals surface area contributed by atoms with Crippen LogP contribution < -0.4 is 0 Å². The molecule has 0 spiro atoms. The topological polar surface area (TPSA) is 65.1 Å². The van der Waals surface area contributed by atoms with E-state index in [0.717, 1.165) is 6.54 Å². The van der Waals surface area contributed by atoms with Gasteiger partial charge in [-0.25, -0.2) is 0 Å². The number of halogens is 1.